The van der Waals surface area contributed by atoms with Crippen LogP contribution in [-0.2, 0) is 16.0 Å². The predicted molar refractivity (Wildman–Crippen MR) is 65.9 cm³/mol. The Hall–Kier alpha value is -0.670. The van der Waals surface area contributed by atoms with Crippen LogP contribution in [0.3, 0.4) is 0 Å². The Labute approximate surface area is 101 Å². The summed E-state index contributed by atoms with van der Waals surface area (Å²) in [5.41, 5.74) is 1.29. The van der Waals surface area contributed by atoms with E-state index in [1.54, 1.807) is 11.3 Å². The SMILES string of the molecule is O=C(CCc1ccsc1)CCC1CCCO1. The van der Waals surface area contributed by atoms with E-state index in [1.165, 1.54) is 5.56 Å². The topological polar surface area (TPSA) is 26.3 Å². The van der Waals surface area contributed by atoms with Gasteiger partial charge in [0.15, 0.2) is 0 Å². The molecule has 0 bridgehead atoms. The summed E-state index contributed by atoms with van der Waals surface area (Å²) in [5, 5.41) is 4.18. The maximum atomic E-state index is 11.6. The van der Waals surface area contributed by atoms with Gasteiger partial charge in [-0.25, -0.2) is 0 Å². The van der Waals surface area contributed by atoms with Crippen molar-refractivity contribution in [2.75, 3.05) is 6.61 Å². The van der Waals surface area contributed by atoms with E-state index in [-0.39, 0.29) is 0 Å². The van der Waals surface area contributed by atoms with Crippen molar-refractivity contribution in [3.05, 3.63) is 22.4 Å². The van der Waals surface area contributed by atoms with Gasteiger partial charge in [0.2, 0.25) is 0 Å². The maximum Gasteiger partial charge on any atom is 0.133 e. The van der Waals surface area contributed by atoms with E-state index in [2.05, 4.69) is 16.8 Å². The first kappa shape index (κ1) is 11.8. The number of ether oxygens (including phenoxy) is 1. The van der Waals surface area contributed by atoms with Gasteiger partial charge >= 0.3 is 0 Å². The minimum atomic E-state index is 0.352. The summed E-state index contributed by atoms with van der Waals surface area (Å²) in [4.78, 5) is 11.6. The first-order chi connectivity index (χ1) is 7.84. The number of hydrogen-bond donors (Lipinski definition) is 0. The Morgan fingerprint density at radius 3 is 3.12 bits per heavy atom. The third-order valence-corrected chi connectivity index (χ3v) is 3.77. The Morgan fingerprint density at radius 1 is 1.50 bits per heavy atom. The molecule has 0 radical (unpaired) electrons. The average Bonchev–Trinajstić information content (AvgIpc) is 2.96. The summed E-state index contributed by atoms with van der Waals surface area (Å²) < 4.78 is 5.50. The summed E-state index contributed by atoms with van der Waals surface area (Å²) in [5.74, 6) is 0.377. The molecule has 1 unspecified atom stereocenters. The van der Waals surface area contributed by atoms with Gasteiger partial charge in [0, 0.05) is 19.4 Å². The van der Waals surface area contributed by atoms with Crippen molar-refractivity contribution < 1.29 is 9.53 Å². The van der Waals surface area contributed by atoms with Crippen LogP contribution in [0.5, 0.6) is 0 Å². The third-order valence-electron chi connectivity index (χ3n) is 3.04. The molecule has 2 nitrogen and oxygen atoms in total. The standard InChI is InChI=1S/C13H18O2S/c14-12(4-3-11-7-9-16-10-11)5-6-13-2-1-8-15-13/h7,9-10,13H,1-6,8H2. The van der Waals surface area contributed by atoms with Gasteiger partial charge in [-0.3, -0.25) is 4.79 Å². The summed E-state index contributed by atoms with van der Waals surface area (Å²) in [7, 11) is 0. The van der Waals surface area contributed by atoms with Crippen molar-refractivity contribution in [1.82, 2.24) is 0 Å². The lowest BCUT2D eigenvalue weighted by Crippen LogP contribution is -2.09. The Balaban J connectivity index is 1.60. The Kier molecular flexibility index (Phi) is 4.55. The molecule has 2 rings (SSSR count). The van der Waals surface area contributed by atoms with Gasteiger partial charge in [-0.15, -0.1) is 0 Å². The summed E-state index contributed by atoms with van der Waals surface area (Å²) in [6.07, 6.45) is 5.84. The highest BCUT2D eigenvalue weighted by Gasteiger charge is 2.16. The predicted octanol–water partition coefficient (Wildman–Crippen LogP) is 3.21. The number of hydrogen-bond acceptors (Lipinski definition) is 3. The first-order valence-electron chi connectivity index (χ1n) is 5.99. The summed E-state index contributed by atoms with van der Waals surface area (Å²) in [6, 6.07) is 2.10. The second-order valence-electron chi connectivity index (χ2n) is 4.34. The lowest BCUT2D eigenvalue weighted by atomic mass is 10.0. The molecule has 88 valence electrons. The van der Waals surface area contributed by atoms with Crippen LogP contribution in [0.4, 0.5) is 0 Å². The lowest BCUT2D eigenvalue weighted by molar-refractivity contribution is -0.119. The van der Waals surface area contributed by atoms with Crippen LogP contribution < -0.4 is 0 Å². The van der Waals surface area contributed by atoms with Gasteiger partial charge in [0.1, 0.15) is 5.78 Å². The minimum absolute atomic E-state index is 0.352. The normalized spacial score (nSPS) is 20.1. The van der Waals surface area contributed by atoms with Crippen molar-refractivity contribution >= 4 is 17.1 Å². The van der Waals surface area contributed by atoms with Crippen molar-refractivity contribution in [2.24, 2.45) is 0 Å². The van der Waals surface area contributed by atoms with E-state index in [4.69, 9.17) is 4.74 Å². The van der Waals surface area contributed by atoms with Gasteiger partial charge in [0.05, 0.1) is 6.10 Å². The number of Topliss-reactive ketones (excluding diaryl/α,β-unsaturated/α-hetero) is 1. The van der Waals surface area contributed by atoms with E-state index in [0.29, 0.717) is 24.7 Å². The molecule has 1 fully saturated rings. The average molecular weight is 238 g/mol. The molecule has 1 aliphatic heterocycles. The number of aryl methyl sites for hydroxylation is 1. The number of carbonyl (C=O) groups excluding carboxylic acids is 1. The number of ketones is 1. The number of thiophene rings is 1. The van der Waals surface area contributed by atoms with Crippen LogP contribution in [0.25, 0.3) is 0 Å². The highest BCUT2D eigenvalue weighted by atomic mass is 32.1. The molecule has 1 saturated heterocycles. The van der Waals surface area contributed by atoms with Crippen LogP contribution in [0.2, 0.25) is 0 Å². The largest absolute Gasteiger partial charge is 0.378 e. The first-order valence-corrected chi connectivity index (χ1v) is 6.93. The fourth-order valence-electron chi connectivity index (χ4n) is 2.04. The Bertz CT molecular complexity index is 313. The van der Waals surface area contributed by atoms with Crippen LogP contribution >= 0.6 is 11.3 Å². The van der Waals surface area contributed by atoms with E-state index in [0.717, 1.165) is 32.3 Å². The lowest BCUT2D eigenvalue weighted by Gasteiger charge is -2.07. The molecular weight excluding hydrogens is 220 g/mol. The molecule has 0 amide bonds. The van der Waals surface area contributed by atoms with E-state index >= 15 is 0 Å². The van der Waals surface area contributed by atoms with E-state index in [1.807, 2.05) is 0 Å². The molecule has 0 aromatic carbocycles. The molecule has 1 aromatic heterocycles. The van der Waals surface area contributed by atoms with Gasteiger partial charge in [-0.1, -0.05) is 0 Å². The molecule has 0 saturated carbocycles. The molecule has 1 aromatic rings. The fourth-order valence-corrected chi connectivity index (χ4v) is 2.74. The zero-order valence-corrected chi connectivity index (χ0v) is 10.3. The van der Waals surface area contributed by atoms with Crippen molar-refractivity contribution in [1.29, 1.82) is 0 Å². The maximum absolute atomic E-state index is 11.6. The summed E-state index contributed by atoms with van der Waals surface area (Å²) in [6.45, 7) is 0.883. The molecule has 0 aliphatic carbocycles. The molecular formula is C13H18O2S. The van der Waals surface area contributed by atoms with Gasteiger partial charge in [0.25, 0.3) is 0 Å². The van der Waals surface area contributed by atoms with Crippen LogP contribution in [0.15, 0.2) is 16.8 Å². The van der Waals surface area contributed by atoms with Gasteiger partial charge in [-0.2, -0.15) is 11.3 Å². The molecule has 1 atom stereocenters. The highest BCUT2D eigenvalue weighted by Crippen LogP contribution is 2.17. The molecule has 3 heteroatoms. The van der Waals surface area contributed by atoms with Crippen molar-refractivity contribution in [2.45, 2.75) is 44.6 Å². The zero-order chi connectivity index (χ0) is 11.2. The van der Waals surface area contributed by atoms with Gasteiger partial charge < -0.3 is 4.74 Å². The fraction of sp³-hybridized carbons (Fsp3) is 0.615. The summed E-state index contributed by atoms with van der Waals surface area (Å²) >= 11 is 1.69. The smallest absolute Gasteiger partial charge is 0.133 e. The molecule has 16 heavy (non-hydrogen) atoms. The minimum Gasteiger partial charge on any atom is -0.378 e. The van der Waals surface area contributed by atoms with Crippen LogP contribution in [0, 0.1) is 0 Å². The zero-order valence-electron chi connectivity index (χ0n) is 9.48. The molecule has 0 spiro atoms. The van der Waals surface area contributed by atoms with Crippen molar-refractivity contribution in [3.8, 4) is 0 Å². The van der Waals surface area contributed by atoms with Crippen LogP contribution in [-0.4, -0.2) is 18.5 Å². The third kappa shape index (κ3) is 3.72. The quantitative estimate of drug-likeness (QED) is 0.760. The monoisotopic (exact) mass is 238 g/mol. The molecule has 2 heterocycles. The number of rotatable bonds is 6. The van der Waals surface area contributed by atoms with E-state index < -0.39 is 0 Å². The number of carbonyl (C=O) groups is 1. The van der Waals surface area contributed by atoms with Crippen LogP contribution in [0.1, 0.15) is 37.7 Å². The molecule has 0 N–H and O–H groups in total. The van der Waals surface area contributed by atoms with E-state index in [9.17, 15) is 4.79 Å². The highest BCUT2D eigenvalue weighted by molar-refractivity contribution is 7.07. The second-order valence-corrected chi connectivity index (χ2v) is 5.12. The molecule has 1 aliphatic rings. The van der Waals surface area contributed by atoms with Crippen molar-refractivity contribution in [3.63, 3.8) is 0 Å². The van der Waals surface area contributed by atoms with Gasteiger partial charge in [-0.05, 0) is 48.1 Å². The second kappa shape index (κ2) is 6.16. The Morgan fingerprint density at radius 2 is 2.44 bits per heavy atom.